The third-order valence-corrected chi connectivity index (χ3v) is 5.61. The van der Waals surface area contributed by atoms with Gasteiger partial charge in [-0.25, -0.2) is 0 Å². The largest absolute Gasteiger partial charge is 0.492 e. The van der Waals surface area contributed by atoms with E-state index in [1.165, 1.54) is 0 Å². The van der Waals surface area contributed by atoms with Crippen LogP contribution in [0, 0.1) is 5.41 Å². The molecule has 0 bridgehead atoms. The Labute approximate surface area is 170 Å². The lowest BCUT2D eigenvalue weighted by Crippen LogP contribution is -2.31. The van der Waals surface area contributed by atoms with Crippen LogP contribution in [0.25, 0.3) is 0 Å². The summed E-state index contributed by atoms with van der Waals surface area (Å²) < 4.78 is 5.57. The van der Waals surface area contributed by atoms with Crippen molar-refractivity contribution in [3.63, 3.8) is 0 Å². The molecule has 0 saturated heterocycles. The Balaban J connectivity index is 1.84. The molecule has 2 aromatic rings. The van der Waals surface area contributed by atoms with Gasteiger partial charge in [-0.3, -0.25) is 4.79 Å². The number of hydrogen-bond acceptors (Lipinski definition) is 4. The molecule has 1 aliphatic heterocycles. The third-order valence-electron chi connectivity index (χ3n) is 5.31. The predicted octanol–water partition coefficient (Wildman–Crippen LogP) is 5.96. The first kappa shape index (κ1) is 18.9. The first-order valence-electron chi connectivity index (χ1n) is 9.69. The van der Waals surface area contributed by atoms with Crippen LogP contribution in [-0.2, 0) is 4.79 Å². The van der Waals surface area contributed by atoms with Crippen LogP contribution in [0.4, 0.5) is 11.4 Å². The van der Waals surface area contributed by atoms with Gasteiger partial charge in [0, 0.05) is 17.7 Å². The number of anilines is 2. The summed E-state index contributed by atoms with van der Waals surface area (Å²) in [7, 11) is 0. The Kier molecular flexibility index (Phi) is 4.84. The van der Waals surface area contributed by atoms with Gasteiger partial charge >= 0.3 is 0 Å². The minimum Gasteiger partial charge on any atom is -0.492 e. The van der Waals surface area contributed by atoms with Gasteiger partial charge in [0.15, 0.2) is 5.78 Å². The second-order valence-electron chi connectivity index (χ2n) is 8.20. The first-order chi connectivity index (χ1) is 13.4. The molecule has 1 atom stereocenters. The van der Waals surface area contributed by atoms with E-state index in [9.17, 15) is 4.79 Å². The number of hydrogen-bond donors (Lipinski definition) is 2. The van der Waals surface area contributed by atoms with E-state index in [2.05, 4.69) is 24.5 Å². The molecule has 0 radical (unpaired) electrons. The second kappa shape index (κ2) is 7.17. The van der Waals surface area contributed by atoms with Crippen molar-refractivity contribution in [2.45, 2.75) is 39.7 Å². The smallest absolute Gasteiger partial charge is 0.163 e. The highest BCUT2D eigenvalue weighted by Gasteiger charge is 2.38. The summed E-state index contributed by atoms with van der Waals surface area (Å²) >= 11 is 6.46. The summed E-state index contributed by atoms with van der Waals surface area (Å²) in [5, 5.41) is 7.66. The lowest BCUT2D eigenvalue weighted by atomic mass is 9.73. The van der Waals surface area contributed by atoms with E-state index in [0.717, 1.165) is 34.6 Å². The number of nitrogens with one attached hydrogen (secondary N) is 2. The minimum absolute atomic E-state index is 0.0663. The van der Waals surface area contributed by atoms with Crippen LogP contribution in [0.1, 0.15) is 45.2 Å². The van der Waals surface area contributed by atoms with E-state index in [-0.39, 0.29) is 17.2 Å². The first-order valence-corrected chi connectivity index (χ1v) is 10.1. The normalized spacial score (nSPS) is 20.4. The molecule has 4 rings (SSSR count). The number of fused-ring (bicyclic) bond motifs is 1. The van der Waals surface area contributed by atoms with Crippen LogP contribution in [0.15, 0.2) is 53.7 Å². The molecule has 0 spiro atoms. The van der Waals surface area contributed by atoms with Gasteiger partial charge in [0.2, 0.25) is 0 Å². The van der Waals surface area contributed by atoms with E-state index in [4.69, 9.17) is 16.3 Å². The maximum atomic E-state index is 13.2. The Morgan fingerprint density at radius 2 is 1.89 bits per heavy atom. The number of carbonyl (C=O) groups excluding carboxylic acids is 1. The summed E-state index contributed by atoms with van der Waals surface area (Å²) in [5.41, 5.74) is 4.64. The van der Waals surface area contributed by atoms with Gasteiger partial charge in [-0.2, -0.15) is 0 Å². The molecule has 146 valence electrons. The Hall–Kier alpha value is -2.46. The Morgan fingerprint density at radius 3 is 2.61 bits per heavy atom. The van der Waals surface area contributed by atoms with Crippen molar-refractivity contribution in [1.29, 1.82) is 0 Å². The van der Waals surface area contributed by atoms with Crippen LogP contribution in [-0.4, -0.2) is 12.4 Å². The summed E-state index contributed by atoms with van der Waals surface area (Å²) in [5.74, 6) is 0.833. The van der Waals surface area contributed by atoms with Crippen molar-refractivity contribution in [3.8, 4) is 5.75 Å². The molecule has 0 unspecified atom stereocenters. The van der Waals surface area contributed by atoms with E-state index in [0.29, 0.717) is 23.8 Å². The molecule has 1 heterocycles. The van der Waals surface area contributed by atoms with Crippen LogP contribution in [0.5, 0.6) is 5.75 Å². The van der Waals surface area contributed by atoms with Crippen LogP contribution in [0.3, 0.4) is 0 Å². The lowest BCUT2D eigenvalue weighted by molar-refractivity contribution is -0.118. The van der Waals surface area contributed by atoms with Gasteiger partial charge in [-0.1, -0.05) is 43.6 Å². The lowest BCUT2D eigenvalue weighted by Gasteiger charge is -2.34. The number of benzene rings is 2. The molecule has 2 aliphatic rings. The van der Waals surface area contributed by atoms with Crippen LogP contribution in [0.2, 0.25) is 5.02 Å². The number of Topliss-reactive ketones (excluding diaryl/α,β-unsaturated/α-hetero) is 1. The van der Waals surface area contributed by atoms with E-state index in [1.54, 1.807) is 0 Å². The summed E-state index contributed by atoms with van der Waals surface area (Å²) in [6, 6.07) is 13.6. The molecule has 2 aromatic carbocycles. The summed E-state index contributed by atoms with van der Waals surface area (Å²) in [6.45, 7) is 6.77. The van der Waals surface area contributed by atoms with Crippen molar-refractivity contribution < 1.29 is 9.53 Å². The maximum absolute atomic E-state index is 13.2. The molecule has 0 aromatic heterocycles. The molecular formula is C23H25ClN2O2. The molecule has 1 aliphatic carbocycles. The predicted molar refractivity (Wildman–Crippen MR) is 114 cm³/mol. The van der Waals surface area contributed by atoms with Gasteiger partial charge < -0.3 is 15.4 Å². The Bertz CT molecular complexity index is 965. The highest BCUT2D eigenvalue weighted by Crippen LogP contribution is 2.46. The maximum Gasteiger partial charge on any atom is 0.163 e. The number of rotatable bonds is 3. The fraction of sp³-hybridized carbons (Fsp3) is 0.348. The average molecular weight is 397 g/mol. The van der Waals surface area contributed by atoms with Crippen molar-refractivity contribution in [2.75, 3.05) is 17.2 Å². The van der Waals surface area contributed by atoms with Crippen molar-refractivity contribution in [3.05, 3.63) is 64.3 Å². The van der Waals surface area contributed by atoms with Gasteiger partial charge in [0.05, 0.1) is 29.0 Å². The Morgan fingerprint density at radius 1 is 1.14 bits per heavy atom. The molecule has 4 nitrogen and oxygen atoms in total. The zero-order chi connectivity index (χ0) is 19.9. The fourth-order valence-corrected chi connectivity index (χ4v) is 4.35. The van der Waals surface area contributed by atoms with Gasteiger partial charge in [0.25, 0.3) is 0 Å². The summed E-state index contributed by atoms with van der Waals surface area (Å²) in [6.07, 6.45) is 1.36. The zero-order valence-corrected chi connectivity index (χ0v) is 17.2. The number of ketones is 1. The van der Waals surface area contributed by atoms with E-state index >= 15 is 0 Å². The monoisotopic (exact) mass is 396 g/mol. The SMILES string of the molecule is CCOc1ccc([C@H]2Nc3ccccc3NC3=C2C(=O)CC(C)(C)C3)cc1Cl. The molecule has 0 amide bonds. The number of ether oxygens (including phenoxy) is 1. The highest BCUT2D eigenvalue weighted by atomic mass is 35.5. The second-order valence-corrected chi connectivity index (χ2v) is 8.61. The third kappa shape index (κ3) is 3.49. The molecule has 0 fully saturated rings. The molecule has 2 N–H and O–H groups in total. The standard InChI is InChI=1S/C23H25ClN2O2/c1-4-28-20-10-9-14(11-15(20)24)22-21-18(12-23(2,3)13-19(21)27)25-16-7-5-6-8-17(16)26-22/h5-11,22,25-26H,4,12-13H2,1-3H3/t22-/m1/s1. The van der Waals surface area contributed by atoms with E-state index in [1.807, 2.05) is 49.4 Å². The quantitative estimate of drug-likeness (QED) is 0.671. The fourth-order valence-electron chi connectivity index (χ4n) is 4.11. The molecule has 5 heteroatoms. The number of carbonyl (C=O) groups is 1. The molecule has 28 heavy (non-hydrogen) atoms. The highest BCUT2D eigenvalue weighted by molar-refractivity contribution is 6.32. The van der Waals surface area contributed by atoms with Crippen LogP contribution >= 0.6 is 11.6 Å². The minimum atomic E-state index is -0.261. The number of allylic oxidation sites excluding steroid dienone is 1. The van der Waals surface area contributed by atoms with Crippen molar-refractivity contribution in [2.24, 2.45) is 5.41 Å². The van der Waals surface area contributed by atoms with Crippen LogP contribution < -0.4 is 15.4 Å². The zero-order valence-electron chi connectivity index (χ0n) is 16.4. The average Bonchev–Trinajstić information content (AvgIpc) is 2.79. The topological polar surface area (TPSA) is 50.4 Å². The van der Waals surface area contributed by atoms with Gasteiger partial charge in [-0.05, 0) is 48.6 Å². The van der Waals surface area contributed by atoms with Crippen molar-refractivity contribution >= 4 is 28.8 Å². The van der Waals surface area contributed by atoms with Gasteiger partial charge in [0.1, 0.15) is 5.75 Å². The molecular weight excluding hydrogens is 372 g/mol. The van der Waals surface area contributed by atoms with Crippen molar-refractivity contribution in [1.82, 2.24) is 0 Å². The number of halogens is 1. The van der Waals surface area contributed by atoms with E-state index < -0.39 is 0 Å². The molecule has 0 saturated carbocycles. The number of para-hydroxylation sites is 2. The van der Waals surface area contributed by atoms with Gasteiger partial charge in [-0.15, -0.1) is 0 Å². The summed E-state index contributed by atoms with van der Waals surface area (Å²) in [4.78, 5) is 13.2.